The van der Waals surface area contributed by atoms with Gasteiger partial charge in [0.15, 0.2) is 11.5 Å². The van der Waals surface area contributed by atoms with E-state index in [0.29, 0.717) is 18.9 Å². The molecule has 1 N–H and O–H groups in total. The molecule has 16 heavy (non-hydrogen) atoms. The molecule has 1 aromatic rings. The number of rotatable bonds is 6. The Morgan fingerprint density at radius 2 is 2.00 bits per heavy atom. The van der Waals surface area contributed by atoms with E-state index in [1.165, 1.54) is 0 Å². The van der Waals surface area contributed by atoms with Gasteiger partial charge in [-0.05, 0) is 30.0 Å². The van der Waals surface area contributed by atoms with E-state index in [4.69, 9.17) is 14.6 Å². The van der Waals surface area contributed by atoms with Crippen LogP contribution in [0.25, 0.3) is 0 Å². The first-order valence-electron chi connectivity index (χ1n) is 5.58. The number of methoxy groups -OCH3 is 1. The van der Waals surface area contributed by atoms with Crippen LogP contribution in [0.5, 0.6) is 11.5 Å². The van der Waals surface area contributed by atoms with Gasteiger partial charge in [-0.2, -0.15) is 0 Å². The second-order valence-corrected chi connectivity index (χ2v) is 4.16. The first-order valence-corrected chi connectivity index (χ1v) is 5.58. The predicted octanol–water partition coefficient (Wildman–Crippen LogP) is 2.26. The average molecular weight is 224 g/mol. The number of aliphatic hydroxyl groups is 1. The topological polar surface area (TPSA) is 38.7 Å². The largest absolute Gasteiger partial charge is 0.493 e. The van der Waals surface area contributed by atoms with Crippen LogP contribution >= 0.6 is 0 Å². The van der Waals surface area contributed by atoms with E-state index in [-0.39, 0.29) is 6.61 Å². The van der Waals surface area contributed by atoms with Crippen LogP contribution < -0.4 is 9.47 Å². The smallest absolute Gasteiger partial charge is 0.161 e. The van der Waals surface area contributed by atoms with Crippen LogP contribution in [-0.2, 0) is 6.42 Å². The molecule has 0 unspecified atom stereocenters. The summed E-state index contributed by atoms with van der Waals surface area (Å²) >= 11 is 0. The Bertz CT molecular complexity index is 321. The van der Waals surface area contributed by atoms with Crippen LogP contribution in [0.1, 0.15) is 19.4 Å². The van der Waals surface area contributed by atoms with Gasteiger partial charge in [0.25, 0.3) is 0 Å². The summed E-state index contributed by atoms with van der Waals surface area (Å²) in [5.74, 6) is 1.97. The van der Waals surface area contributed by atoms with Crippen LogP contribution in [0.4, 0.5) is 0 Å². The molecule has 0 bridgehead atoms. The Morgan fingerprint density at radius 3 is 2.56 bits per heavy atom. The molecular weight excluding hydrogens is 204 g/mol. The third-order valence-electron chi connectivity index (χ3n) is 2.20. The highest BCUT2D eigenvalue weighted by atomic mass is 16.5. The van der Waals surface area contributed by atoms with Crippen molar-refractivity contribution in [3.63, 3.8) is 0 Å². The fraction of sp³-hybridized carbons (Fsp3) is 0.538. The molecular formula is C13H20O3. The van der Waals surface area contributed by atoms with Crippen molar-refractivity contribution in [2.45, 2.75) is 20.3 Å². The normalized spacial score (nSPS) is 10.6. The van der Waals surface area contributed by atoms with E-state index in [2.05, 4.69) is 13.8 Å². The van der Waals surface area contributed by atoms with Gasteiger partial charge in [0.05, 0.1) is 13.7 Å². The highest BCUT2D eigenvalue weighted by Crippen LogP contribution is 2.28. The maximum atomic E-state index is 8.88. The molecule has 0 aliphatic heterocycles. The van der Waals surface area contributed by atoms with E-state index >= 15 is 0 Å². The Labute approximate surface area is 97.0 Å². The monoisotopic (exact) mass is 224 g/mol. The Balaban J connectivity index is 2.79. The van der Waals surface area contributed by atoms with Crippen molar-refractivity contribution in [2.75, 3.05) is 20.3 Å². The molecule has 1 aromatic carbocycles. The van der Waals surface area contributed by atoms with Crippen LogP contribution in [0.15, 0.2) is 18.2 Å². The molecule has 3 heteroatoms. The second-order valence-electron chi connectivity index (χ2n) is 4.16. The van der Waals surface area contributed by atoms with E-state index in [9.17, 15) is 0 Å². The summed E-state index contributed by atoms with van der Waals surface area (Å²) in [7, 11) is 1.63. The van der Waals surface area contributed by atoms with Gasteiger partial charge in [0.2, 0.25) is 0 Å². The summed E-state index contributed by atoms with van der Waals surface area (Å²) in [6, 6.07) is 5.75. The molecule has 0 heterocycles. The molecule has 1 rings (SSSR count). The molecule has 0 spiro atoms. The van der Waals surface area contributed by atoms with Crippen LogP contribution in [-0.4, -0.2) is 25.4 Å². The number of hydrogen-bond acceptors (Lipinski definition) is 3. The van der Waals surface area contributed by atoms with Gasteiger partial charge in [0, 0.05) is 6.61 Å². The number of ether oxygens (including phenoxy) is 2. The first-order chi connectivity index (χ1) is 7.67. The third kappa shape index (κ3) is 3.74. The Kier molecular flexibility index (Phi) is 5.12. The predicted molar refractivity (Wildman–Crippen MR) is 64.1 cm³/mol. The zero-order valence-corrected chi connectivity index (χ0v) is 10.2. The quantitative estimate of drug-likeness (QED) is 0.805. The zero-order chi connectivity index (χ0) is 12.0. The van der Waals surface area contributed by atoms with Crippen molar-refractivity contribution in [2.24, 2.45) is 5.92 Å². The lowest BCUT2D eigenvalue weighted by molar-refractivity contribution is 0.256. The van der Waals surface area contributed by atoms with E-state index in [0.717, 1.165) is 17.1 Å². The summed E-state index contributed by atoms with van der Waals surface area (Å²) in [6.45, 7) is 5.02. The van der Waals surface area contributed by atoms with Gasteiger partial charge < -0.3 is 14.6 Å². The molecule has 0 fully saturated rings. The number of aliphatic hydroxyl groups excluding tert-OH is 1. The molecule has 0 atom stereocenters. The Hall–Kier alpha value is -1.22. The molecule has 3 nitrogen and oxygen atoms in total. The summed E-state index contributed by atoms with van der Waals surface area (Å²) in [5, 5.41) is 8.88. The van der Waals surface area contributed by atoms with Crippen molar-refractivity contribution in [3.05, 3.63) is 23.8 Å². The van der Waals surface area contributed by atoms with Crippen LogP contribution in [0, 0.1) is 5.92 Å². The van der Waals surface area contributed by atoms with E-state index < -0.39 is 0 Å². The molecule has 0 aliphatic carbocycles. The fourth-order valence-corrected chi connectivity index (χ4v) is 1.37. The van der Waals surface area contributed by atoms with Crippen molar-refractivity contribution in [1.29, 1.82) is 0 Å². The van der Waals surface area contributed by atoms with Crippen molar-refractivity contribution in [1.82, 2.24) is 0 Å². The van der Waals surface area contributed by atoms with Crippen molar-refractivity contribution < 1.29 is 14.6 Å². The molecule has 90 valence electrons. The highest BCUT2D eigenvalue weighted by Gasteiger charge is 2.06. The molecule has 0 amide bonds. The van der Waals surface area contributed by atoms with Crippen LogP contribution in [0.2, 0.25) is 0 Å². The number of benzene rings is 1. The van der Waals surface area contributed by atoms with Gasteiger partial charge in [0.1, 0.15) is 0 Å². The second kappa shape index (κ2) is 6.38. The SMILES string of the molecule is COc1ccc(CCO)cc1OCC(C)C. The summed E-state index contributed by atoms with van der Waals surface area (Å²) in [6.07, 6.45) is 0.641. The lowest BCUT2D eigenvalue weighted by atomic mass is 10.1. The first kappa shape index (κ1) is 12.8. The average Bonchev–Trinajstić information content (AvgIpc) is 2.27. The lowest BCUT2D eigenvalue weighted by Gasteiger charge is -2.13. The minimum atomic E-state index is 0.149. The minimum absolute atomic E-state index is 0.149. The van der Waals surface area contributed by atoms with Gasteiger partial charge in [-0.15, -0.1) is 0 Å². The summed E-state index contributed by atoms with van der Waals surface area (Å²) in [5.41, 5.74) is 1.06. The fourth-order valence-electron chi connectivity index (χ4n) is 1.37. The van der Waals surface area contributed by atoms with Gasteiger partial charge >= 0.3 is 0 Å². The van der Waals surface area contributed by atoms with Crippen molar-refractivity contribution >= 4 is 0 Å². The standard InChI is InChI=1S/C13H20O3/c1-10(2)9-16-13-8-11(6-7-14)4-5-12(13)15-3/h4-5,8,10,14H,6-7,9H2,1-3H3. The maximum absolute atomic E-state index is 8.88. The zero-order valence-electron chi connectivity index (χ0n) is 10.2. The molecule has 0 saturated carbocycles. The van der Waals surface area contributed by atoms with E-state index in [1.807, 2.05) is 18.2 Å². The maximum Gasteiger partial charge on any atom is 0.161 e. The molecule has 0 aromatic heterocycles. The lowest BCUT2D eigenvalue weighted by Crippen LogP contribution is -2.06. The van der Waals surface area contributed by atoms with Gasteiger partial charge in [-0.1, -0.05) is 19.9 Å². The molecule has 0 saturated heterocycles. The summed E-state index contributed by atoms with van der Waals surface area (Å²) in [4.78, 5) is 0. The molecule has 0 radical (unpaired) electrons. The van der Waals surface area contributed by atoms with Gasteiger partial charge in [-0.3, -0.25) is 0 Å². The minimum Gasteiger partial charge on any atom is -0.493 e. The third-order valence-corrected chi connectivity index (χ3v) is 2.20. The van der Waals surface area contributed by atoms with Crippen LogP contribution in [0.3, 0.4) is 0 Å². The van der Waals surface area contributed by atoms with Crippen molar-refractivity contribution in [3.8, 4) is 11.5 Å². The summed E-state index contributed by atoms with van der Waals surface area (Å²) < 4.78 is 10.9. The Morgan fingerprint density at radius 1 is 1.25 bits per heavy atom. The highest BCUT2D eigenvalue weighted by molar-refractivity contribution is 5.43. The van der Waals surface area contributed by atoms with Gasteiger partial charge in [-0.25, -0.2) is 0 Å². The van der Waals surface area contributed by atoms with E-state index in [1.54, 1.807) is 7.11 Å². The number of hydrogen-bond donors (Lipinski definition) is 1. The molecule has 0 aliphatic rings.